The van der Waals surface area contributed by atoms with Gasteiger partial charge >= 0.3 is 12.2 Å². The first-order valence-electron chi connectivity index (χ1n) is 11.4. The predicted octanol–water partition coefficient (Wildman–Crippen LogP) is 7.21. The largest absolute Gasteiger partial charge is 0.457 e. The molecule has 5 rings (SSSR count). The van der Waals surface area contributed by atoms with Crippen molar-refractivity contribution in [3.8, 4) is 11.5 Å². The summed E-state index contributed by atoms with van der Waals surface area (Å²) >= 11 is 5.93. The van der Waals surface area contributed by atoms with Crippen LogP contribution in [0.5, 0.6) is 11.5 Å². The second kappa shape index (κ2) is 9.78. The maximum atomic E-state index is 13.6. The number of carbonyl (C=O) groups excluding carboxylic acids is 1. The lowest BCUT2D eigenvalue weighted by Crippen LogP contribution is -2.47. The van der Waals surface area contributed by atoms with E-state index >= 15 is 0 Å². The normalized spacial score (nSPS) is 17.5. The molecule has 1 N–H and O–H groups in total. The average molecular weight is 524 g/mol. The van der Waals surface area contributed by atoms with Gasteiger partial charge in [0.2, 0.25) is 0 Å². The van der Waals surface area contributed by atoms with Crippen LogP contribution in [0.2, 0.25) is 5.02 Å². The monoisotopic (exact) mass is 523 g/mol. The van der Waals surface area contributed by atoms with Gasteiger partial charge in [-0.1, -0.05) is 29.8 Å². The average Bonchev–Trinajstić information content (AvgIpc) is 3.23. The van der Waals surface area contributed by atoms with Crippen LogP contribution in [0.15, 0.2) is 97.2 Å². The van der Waals surface area contributed by atoms with Gasteiger partial charge in [-0.15, -0.1) is 0 Å². The third kappa shape index (κ3) is 5.11. The number of amides is 2. The molecular weight excluding hydrogens is 503 g/mol. The Bertz CT molecular complexity index is 1400. The van der Waals surface area contributed by atoms with Crippen molar-refractivity contribution in [1.29, 1.82) is 0 Å². The highest BCUT2D eigenvalue weighted by Crippen LogP contribution is 2.41. The molecule has 5 nitrogen and oxygen atoms in total. The Balaban J connectivity index is 1.55. The number of benzene rings is 3. The minimum atomic E-state index is -4.52. The molecule has 0 aliphatic carbocycles. The number of anilines is 1. The number of nitrogens with zero attached hydrogens (tertiary/aromatic N) is 2. The first kappa shape index (κ1) is 24.6. The first-order chi connectivity index (χ1) is 17.7. The number of hydrogen-bond acceptors (Lipinski definition) is 3. The molecular formula is C28H21ClF3N3O2. The Morgan fingerprint density at radius 3 is 2.30 bits per heavy atom. The van der Waals surface area contributed by atoms with Crippen LogP contribution in [0.25, 0.3) is 0 Å². The molecule has 2 heterocycles. The van der Waals surface area contributed by atoms with Crippen molar-refractivity contribution < 1.29 is 22.7 Å². The molecule has 2 amide bonds. The number of urea groups is 1. The third-order valence-electron chi connectivity index (χ3n) is 6.23. The first-order valence-corrected chi connectivity index (χ1v) is 11.8. The highest BCUT2D eigenvalue weighted by Gasteiger charge is 2.48. The number of hydrogen-bond donors (Lipinski definition) is 1. The van der Waals surface area contributed by atoms with Gasteiger partial charge in [0.05, 0.1) is 11.1 Å². The molecule has 4 aromatic rings. The zero-order valence-corrected chi connectivity index (χ0v) is 20.1. The van der Waals surface area contributed by atoms with Gasteiger partial charge < -0.3 is 10.1 Å². The van der Waals surface area contributed by atoms with Gasteiger partial charge in [-0.25, -0.2) is 4.79 Å². The topological polar surface area (TPSA) is 54.5 Å². The molecule has 0 spiro atoms. The maximum Gasteiger partial charge on any atom is 0.416 e. The standard InChI is InChI=1S/C28H21ClF3N3O2/c29-21-7-11-24(12-8-21)37-25-13-9-23(10-14-25)35-26(36)34-18-27(35,17-22-6-1-2-15-33-22)19-4-3-5-20(16-19)28(30,31)32/h1-16H,17-18H2,(H,34,36). The van der Waals surface area contributed by atoms with E-state index in [1.165, 1.54) is 11.0 Å². The molecule has 1 saturated heterocycles. The minimum absolute atomic E-state index is 0.104. The lowest BCUT2D eigenvalue weighted by molar-refractivity contribution is -0.137. The van der Waals surface area contributed by atoms with E-state index in [0.717, 1.165) is 12.1 Å². The quantitative estimate of drug-likeness (QED) is 0.290. The molecule has 0 radical (unpaired) electrons. The Kier molecular flexibility index (Phi) is 6.52. The number of pyridine rings is 1. The molecule has 1 aromatic heterocycles. The van der Waals surface area contributed by atoms with Crippen molar-refractivity contribution in [2.75, 3.05) is 11.4 Å². The van der Waals surface area contributed by atoms with Crippen LogP contribution >= 0.6 is 11.6 Å². The lowest BCUT2D eigenvalue weighted by Gasteiger charge is -2.38. The summed E-state index contributed by atoms with van der Waals surface area (Å²) in [5, 5.41) is 3.41. The zero-order valence-electron chi connectivity index (χ0n) is 19.4. The fourth-order valence-electron chi connectivity index (χ4n) is 4.50. The second-order valence-corrected chi connectivity index (χ2v) is 9.09. The molecule has 37 heavy (non-hydrogen) atoms. The highest BCUT2D eigenvalue weighted by atomic mass is 35.5. The van der Waals surface area contributed by atoms with Crippen LogP contribution in [0.1, 0.15) is 16.8 Å². The molecule has 188 valence electrons. The lowest BCUT2D eigenvalue weighted by atomic mass is 9.83. The van der Waals surface area contributed by atoms with Gasteiger partial charge in [0.15, 0.2) is 0 Å². The molecule has 3 aromatic carbocycles. The van der Waals surface area contributed by atoms with Crippen molar-refractivity contribution in [1.82, 2.24) is 10.3 Å². The smallest absolute Gasteiger partial charge is 0.416 e. The second-order valence-electron chi connectivity index (χ2n) is 8.65. The van der Waals surface area contributed by atoms with Gasteiger partial charge in [0, 0.05) is 35.6 Å². The SMILES string of the molecule is O=C1NCC(Cc2ccccn2)(c2cccc(C(F)(F)F)c2)N1c1ccc(Oc2ccc(Cl)cc2)cc1. The van der Waals surface area contributed by atoms with E-state index in [1.807, 2.05) is 0 Å². The van der Waals surface area contributed by atoms with E-state index in [0.29, 0.717) is 33.5 Å². The molecule has 1 aliphatic rings. The molecule has 0 saturated carbocycles. The Morgan fingerprint density at radius 2 is 1.65 bits per heavy atom. The number of aromatic nitrogens is 1. The zero-order chi connectivity index (χ0) is 26.0. The molecule has 1 unspecified atom stereocenters. The van der Waals surface area contributed by atoms with Crippen LogP contribution in [0.4, 0.5) is 23.7 Å². The van der Waals surface area contributed by atoms with Crippen LogP contribution in [0, 0.1) is 0 Å². The van der Waals surface area contributed by atoms with Gasteiger partial charge in [-0.05, 0) is 78.4 Å². The fraction of sp³-hybridized carbons (Fsp3) is 0.143. The summed E-state index contributed by atoms with van der Waals surface area (Å²) in [6.07, 6.45) is -2.70. The van der Waals surface area contributed by atoms with Crippen molar-refractivity contribution in [3.05, 3.63) is 119 Å². The summed E-state index contributed by atoms with van der Waals surface area (Å²) in [7, 11) is 0. The summed E-state index contributed by atoms with van der Waals surface area (Å²) < 4.78 is 46.7. The summed E-state index contributed by atoms with van der Waals surface area (Å²) in [5.41, 5.74) is -0.425. The number of nitrogens with one attached hydrogen (secondary N) is 1. The van der Waals surface area contributed by atoms with E-state index in [4.69, 9.17) is 16.3 Å². The Morgan fingerprint density at radius 1 is 0.946 bits per heavy atom. The molecule has 0 bridgehead atoms. The Hall–Kier alpha value is -4.04. The van der Waals surface area contributed by atoms with Crippen molar-refractivity contribution in [2.45, 2.75) is 18.1 Å². The van der Waals surface area contributed by atoms with Gasteiger partial charge in [0.25, 0.3) is 0 Å². The number of carbonyl (C=O) groups is 1. The highest BCUT2D eigenvalue weighted by molar-refractivity contribution is 6.30. The summed E-state index contributed by atoms with van der Waals surface area (Å²) in [5.74, 6) is 1.12. The molecule has 1 atom stereocenters. The van der Waals surface area contributed by atoms with Crippen molar-refractivity contribution >= 4 is 23.3 Å². The Labute approximate surface area is 216 Å². The van der Waals surface area contributed by atoms with E-state index in [-0.39, 0.29) is 13.0 Å². The fourth-order valence-corrected chi connectivity index (χ4v) is 4.63. The molecule has 1 aliphatic heterocycles. The van der Waals surface area contributed by atoms with Crippen LogP contribution in [-0.2, 0) is 18.1 Å². The van der Waals surface area contributed by atoms with Gasteiger partial charge in [0.1, 0.15) is 11.5 Å². The van der Waals surface area contributed by atoms with E-state index in [1.54, 1.807) is 79.0 Å². The minimum Gasteiger partial charge on any atom is -0.457 e. The van der Waals surface area contributed by atoms with Crippen LogP contribution in [0.3, 0.4) is 0 Å². The van der Waals surface area contributed by atoms with Crippen LogP contribution < -0.4 is 15.0 Å². The van der Waals surface area contributed by atoms with E-state index in [9.17, 15) is 18.0 Å². The predicted molar refractivity (Wildman–Crippen MR) is 135 cm³/mol. The number of halogens is 4. The summed E-state index contributed by atoms with van der Waals surface area (Å²) in [4.78, 5) is 19.1. The summed E-state index contributed by atoms with van der Waals surface area (Å²) in [6.45, 7) is 0.104. The summed E-state index contributed by atoms with van der Waals surface area (Å²) in [6, 6.07) is 23.7. The van der Waals surface area contributed by atoms with Gasteiger partial charge in [-0.2, -0.15) is 13.2 Å². The number of alkyl halides is 3. The molecule has 1 fully saturated rings. The maximum absolute atomic E-state index is 13.6. The van der Waals surface area contributed by atoms with Crippen molar-refractivity contribution in [3.63, 3.8) is 0 Å². The van der Waals surface area contributed by atoms with Gasteiger partial charge in [-0.3, -0.25) is 9.88 Å². The van der Waals surface area contributed by atoms with Crippen molar-refractivity contribution in [2.24, 2.45) is 0 Å². The number of ether oxygens (including phenoxy) is 1. The molecule has 9 heteroatoms. The third-order valence-corrected chi connectivity index (χ3v) is 6.49. The van der Waals surface area contributed by atoms with E-state index < -0.39 is 23.3 Å². The number of rotatable bonds is 6. The van der Waals surface area contributed by atoms with E-state index in [2.05, 4.69) is 10.3 Å². The van der Waals surface area contributed by atoms with Crippen LogP contribution in [-0.4, -0.2) is 17.6 Å².